The number of carbonyl (C=O) groups excluding carboxylic acids is 1. The number of benzene rings is 1. The Morgan fingerprint density at radius 1 is 1.32 bits per heavy atom. The van der Waals surface area contributed by atoms with E-state index in [1.807, 2.05) is 37.3 Å². The van der Waals surface area contributed by atoms with E-state index in [0.29, 0.717) is 29.4 Å². The van der Waals surface area contributed by atoms with Crippen molar-refractivity contribution in [2.45, 2.75) is 6.92 Å². The minimum Gasteiger partial charge on any atom is -0.338 e. The Kier molecular flexibility index (Phi) is 5.44. The molecule has 11 heteroatoms. The zero-order valence-electron chi connectivity index (χ0n) is 15.4. The zero-order chi connectivity index (χ0) is 20.1. The van der Waals surface area contributed by atoms with E-state index in [1.54, 1.807) is 11.6 Å². The molecule has 5 N–H and O–H groups in total. The molecular weight excluding hydrogens is 360 g/mol. The first kappa shape index (κ1) is 18.8. The van der Waals surface area contributed by atoms with Gasteiger partial charge >= 0.3 is 6.03 Å². The van der Waals surface area contributed by atoms with Crippen molar-refractivity contribution in [3.8, 4) is 11.6 Å². The molecule has 2 amide bonds. The summed E-state index contributed by atoms with van der Waals surface area (Å²) in [6.07, 6.45) is 0. The van der Waals surface area contributed by atoms with Crippen LogP contribution in [0.2, 0.25) is 0 Å². The highest BCUT2D eigenvalue weighted by Gasteiger charge is 2.23. The summed E-state index contributed by atoms with van der Waals surface area (Å²) in [7, 11) is 1.74. The van der Waals surface area contributed by atoms with Crippen LogP contribution in [-0.4, -0.2) is 48.5 Å². The van der Waals surface area contributed by atoms with Gasteiger partial charge in [-0.05, 0) is 12.1 Å². The second-order valence-electron chi connectivity index (χ2n) is 5.76. The minimum atomic E-state index is -0.389. The van der Waals surface area contributed by atoms with Gasteiger partial charge in [-0.15, -0.1) is 10.2 Å². The fourth-order valence-electron chi connectivity index (χ4n) is 2.53. The molecule has 0 unspecified atom stereocenters. The number of hydrogen-bond acceptors (Lipinski definition) is 7. The molecule has 3 rings (SSSR count). The van der Waals surface area contributed by atoms with Gasteiger partial charge in [0.1, 0.15) is 17.3 Å². The number of anilines is 1. The lowest BCUT2D eigenvalue weighted by Gasteiger charge is -2.14. The van der Waals surface area contributed by atoms with Crippen molar-refractivity contribution in [1.29, 1.82) is 5.41 Å². The maximum Gasteiger partial charge on any atom is 0.320 e. The molecular formula is C17H20N10O. The van der Waals surface area contributed by atoms with Gasteiger partial charge in [0.05, 0.1) is 5.71 Å². The van der Waals surface area contributed by atoms with Crippen LogP contribution in [0, 0.1) is 5.41 Å². The molecule has 0 fully saturated rings. The van der Waals surface area contributed by atoms with Gasteiger partial charge in [-0.2, -0.15) is 5.21 Å². The highest BCUT2D eigenvalue weighted by molar-refractivity contribution is 6.12. The SMILES string of the molecule is C=C(NC(=O)NCC)Nc1c(C(=N)c2ccccc2)nc(-c2nn[nH]n2)n1C. The van der Waals surface area contributed by atoms with Gasteiger partial charge in [-0.3, -0.25) is 10.7 Å². The third kappa shape index (κ3) is 3.87. The van der Waals surface area contributed by atoms with Gasteiger partial charge in [-0.1, -0.05) is 36.9 Å². The Labute approximate surface area is 160 Å². The molecule has 0 aliphatic rings. The molecule has 0 radical (unpaired) electrons. The maximum absolute atomic E-state index is 11.7. The zero-order valence-corrected chi connectivity index (χ0v) is 15.4. The average molecular weight is 380 g/mol. The van der Waals surface area contributed by atoms with Gasteiger partial charge < -0.3 is 15.2 Å². The maximum atomic E-state index is 11.7. The molecule has 0 aliphatic carbocycles. The molecule has 0 saturated carbocycles. The van der Waals surface area contributed by atoms with Gasteiger partial charge in [0.2, 0.25) is 5.82 Å². The number of rotatable bonds is 7. The number of aromatic nitrogens is 6. The number of carbonyl (C=O) groups is 1. The number of aromatic amines is 1. The lowest BCUT2D eigenvalue weighted by Crippen LogP contribution is -2.36. The molecule has 1 aromatic carbocycles. The van der Waals surface area contributed by atoms with Crippen LogP contribution in [0.1, 0.15) is 18.2 Å². The number of amides is 2. The van der Waals surface area contributed by atoms with E-state index < -0.39 is 0 Å². The van der Waals surface area contributed by atoms with Gasteiger partial charge in [0, 0.05) is 19.2 Å². The number of hydrogen-bond donors (Lipinski definition) is 5. The summed E-state index contributed by atoms with van der Waals surface area (Å²) >= 11 is 0. The molecule has 2 aromatic heterocycles. The van der Waals surface area contributed by atoms with Crippen LogP contribution in [-0.2, 0) is 7.05 Å². The Morgan fingerprint density at radius 3 is 2.71 bits per heavy atom. The first-order valence-electron chi connectivity index (χ1n) is 8.47. The lowest BCUT2D eigenvalue weighted by molar-refractivity contribution is 0.244. The fourth-order valence-corrected chi connectivity index (χ4v) is 2.53. The van der Waals surface area contributed by atoms with Crippen molar-refractivity contribution in [1.82, 2.24) is 40.8 Å². The summed E-state index contributed by atoms with van der Waals surface area (Å²) in [6, 6.07) is 8.80. The van der Waals surface area contributed by atoms with E-state index in [0.717, 1.165) is 0 Å². The summed E-state index contributed by atoms with van der Waals surface area (Å²) in [4.78, 5) is 16.3. The molecule has 0 bridgehead atoms. The van der Waals surface area contributed by atoms with E-state index in [4.69, 9.17) is 5.41 Å². The summed E-state index contributed by atoms with van der Waals surface area (Å²) in [5.74, 6) is 1.36. The van der Waals surface area contributed by atoms with Crippen molar-refractivity contribution in [2.75, 3.05) is 11.9 Å². The molecule has 28 heavy (non-hydrogen) atoms. The van der Waals surface area contributed by atoms with E-state index in [-0.39, 0.29) is 23.4 Å². The van der Waals surface area contributed by atoms with Crippen molar-refractivity contribution < 1.29 is 4.79 Å². The number of H-pyrrole nitrogens is 1. The summed E-state index contributed by atoms with van der Waals surface area (Å²) in [5, 5.41) is 30.7. The highest BCUT2D eigenvalue weighted by atomic mass is 16.2. The molecule has 0 saturated heterocycles. The predicted octanol–water partition coefficient (Wildman–Crippen LogP) is 1.22. The molecule has 0 spiro atoms. The van der Waals surface area contributed by atoms with Crippen LogP contribution < -0.4 is 16.0 Å². The second kappa shape index (κ2) is 8.12. The Morgan fingerprint density at radius 2 is 2.07 bits per heavy atom. The predicted molar refractivity (Wildman–Crippen MR) is 104 cm³/mol. The number of nitrogens with zero attached hydrogens (tertiary/aromatic N) is 5. The standard InChI is InChI=1S/C17H20N10O/c1-4-19-17(28)21-10(2)20-15-13(12(18)11-8-6-5-7-9-11)22-16(27(15)3)14-23-25-26-24-14/h5-9,18,20H,2,4H2,1,3H3,(H2,19,21,28)(H,23,24,25,26). The molecule has 144 valence electrons. The van der Waals surface area contributed by atoms with Crippen molar-refractivity contribution >= 4 is 17.6 Å². The highest BCUT2D eigenvalue weighted by Crippen LogP contribution is 2.25. The van der Waals surface area contributed by atoms with Crippen molar-refractivity contribution in [3.63, 3.8) is 0 Å². The molecule has 0 atom stereocenters. The van der Waals surface area contributed by atoms with E-state index in [2.05, 4.69) is 48.1 Å². The summed E-state index contributed by atoms with van der Waals surface area (Å²) in [5.41, 5.74) is 1.23. The van der Waals surface area contributed by atoms with Crippen LogP contribution in [0.15, 0.2) is 42.7 Å². The van der Waals surface area contributed by atoms with Crippen molar-refractivity contribution in [3.05, 3.63) is 54.0 Å². The first-order valence-corrected chi connectivity index (χ1v) is 8.47. The monoisotopic (exact) mass is 380 g/mol. The molecule has 2 heterocycles. The Balaban J connectivity index is 1.98. The minimum absolute atomic E-state index is 0.194. The molecule has 11 nitrogen and oxygen atoms in total. The largest absolute Gasteiger partial charge is 0.338 e. The number of nitrogens with one attached hydrogen (secondary N) is 5. The number of urea groups is 1. The van der Waals surface area contributed by atoms with E-state index in [9.17, 15) is 4.79 Å². The summed E-state index contributed by atoms with van der Waals surface area (Å²) in [6.45, 7) is 6.11. The van der Waals surface area contributed by atoms with Crippen LogP contribution >= 0.6 is 0 Å². The molecule has 3 aromatic rings. The van der Waals surface area contributed by atoms with Crippen LogP contribution in [0.5, 0.6) is 0 Å². The lowest BCUT2D eigenvalue weighted by atomic mass is 10.1. The number of imidazole rings is 1. The average Bonchev–Trinajstić information content (AvgIpc) is 3.31. The van der Waals surface area contributed by atoms with Gasteiger partial charge in [0.25, 0.3) is 0 Å². The van der Waals surface area contributed by atoms with Crippen LogP contribution in [0.3, 0.4) is 0 Å². The van der Waals surface area contributed by atoms with E-state index >= 15 is 0 Å². The topological polar surface area (TPSA) is 149 Å². The van der Waals surface area contributed by atoms with Gasteiger partial charge in [0.15, 0.2) is 5.82 Å². The van der Waals surface area contributed by atoms with Gasteiger partial charge in [-0.25, -0.2) is 9.78 Å². The Hall–Kier alpha value is -4.02. The molecule has 0 aliphatic heterocycles. The third-order valence-corrected chi connectivity index (χ3v) is 3.81. The van der Waals surface area contributed by atoms with Crippen molar-refractivity contribution in [2.24, 2.45) is 7.05 Å². The van der Waals surface area contributed by atoms with E-state index in [1.165, 1.54) is 0 Å². The smallest absolute Gasteiger partial charge is 0.320 e. The quantitative estimate of drug-likeness (QED) is 0.389. The van der Waals surface area contributed by atoms with Crippen LogP contribution in [0.25, 0.3) is 11.6 Å². The normalized spacial score (nSPS) is 10.4. The number of tetrazole rings is 1. The third-order valence-electron chi connectivity index (χ3n) is 3.81. The second-order valence-corrected chi connectivity index (χ2v) is 5.76. The van der Waals surface area contributed by atoms with Crippen LogP contribution in [0.4, 0.5) is 10.6 Å². The Bertz CT molecular complexity index is 991. The summed E-state index contributed by atoms with van der Waals surface area (Å²) < 4.78 is 1.67. The first-order chi connectivity index (χ1) is 13.5. The fraction of sp³-hybridized carbons (Fsp3) is 0.176.